The van der Waals surface area contributed by atoms with Gasteiger partial charge in [-0.1, -0.05) is 17.7 Å². The Labute approximate surface area is 163 Å². The van der Waals surface area contributed by atoms with Crippen molar-refractivity contribution in [3.05, 3.63) is 70.0 Å². The standard InChI is InChI=1S/C22H22FNO2S/c1-14(2)26-22(25)18(12-24)11-17-9-15(3)10-19(16(17)4)13-27-21-7-5-20(23)6-8-21/h5-11,14H,13H2,1-4H3. The summed E-state index contributed by atoms with van der Waals surface area (Å²) in [6, 6.07) is 12.4. The van der Waals surface area contributed by atoms with E-state index in [2.05, 4.69) is 6.07 Å². The lowest BCUT2D eigenvalue weighted by Crippen LogP contribution is -2.12. The van der Waals surface area contributed by atoms with E-state index in [1.165, 1.54) is 12.1 Å². The Hall–Kier alpha value is -2.58. The largest absolute Gasteiger partial charge is 0.459 e. The van der Waals surface area contributed by atoms with Crippen LogP contribution in [-0.4, -0.2) is 12.1 Å². The summed E-state index contributed by atoms with van der Waals surface area (Å²) in [4.78, 5) is 13.0. The van der Waals surface area contributed by atoms with Gasteiger partial charge in [-0.15, -0.1) is 11.8 Å². The summed E-state index contributed by atoms with van der Waals surface area (Å²) < 4.78 is 18.2. The molecule has 0 amide bonds. The highest BCUT2D eigenvalue weighted by molar-refractivity contribution is 7.98. The molecule has 0 aliphatic carbocycles. The molecule has 0 heterocycles. The van der Waals surface area contributed by atoms with Crippen LogP contribution in [0.4, 0.5) is 4.39 Å². The minimum atomic E-state index is -0.615. The van der Waals surface area contributed by atoms with E-state index in [1.54, 1.807) is 43.8 Å². The summed E-state index contributed by atoms with van der Waals surface area (Å²) in [6.07, 6.45) is 1.30. The average Bonchev–Trinajstić information content (AvgIpc) is 2.61. The van der Waals surface area contributed by atoms with Gasteiger partial charge in [0.1, 0.15) is 17.5 Å². The fourth-order valence-corrected chi connectivity index (χ4v) is 3.48. The van der Waals surface area contributed by atoms with Crippen LogP contribution in [-0.2, 0) is 15.3 Å². The molecule has 27 heavy (non-hydrogen) atoms. The van der Waals surface area contributed by atoms with Crippen LogP contribution in [0.15, 0.2) is 46.9 Å². The molecule has 0 fully saturated rings. The molecule has 0 aromatic heterocycles. The van der Waals surface area contributed by atoms with Crippen LogP contribution in [0.25, 0.3) is 6.08 Å². The van der Waals surface area contributed by atoms with Crippen LogP contribution in [0.5, 0.6) is 0 Å². The Morgan fingerprint density at radius 2 is 1.93 bits per heavy atom. The molecule has 0 aliphatic rings. The fourth-order valence-electron chi connectivity index (χ4n) is 2.53. The highest BCUT2D eigenvalue weighted by atomic mass is 32.2. The highest BCUT2D eigenvalue weighted by Crippen LogP contribution is 2.28. The van der Waals surface area contributed by atoms with Crippen molar-refractivity contribution in [3.8, 4) is 6.07 Å². The van der Waals surface area contributed by atoms with Gasteiger partial charge in [0.2, 0.25) is 0 Å². The third-order valence-corrected chi connectivity index (χ3v) is 4.95. The van der Waals surface area contributed by atoms with Crippen molar-refractivity contribution in [2.75, 3.05) is 0 Å². The van der Waals surface area contributed by atoms with Crippen LogP contribution in [0.3, 0.4) is 0 Å². The number of ether oxygens (including phenoxy) is 1. The molecule has 0 radical (unpaired) electrons. The first-order valence-corrected chi connectivity index (χ1v) is 9.60. The van der Waals surface area contributed by atoms with Gasteiger partial charge in [-0.25, -0.2) is 9.18 Å². The van der Waals surface area contributed by atoms with Gasteiger partial charge in [0.05, 0.1) is 6.10 Å². The molecule has 0 atom stereocenters. The zero-order chi connectivity index (χ0) is 20.0. The molecule has 140 valence electrons. The van der Waals surface area contributed by atoms with Crippen molar-refractivity contribution in [2.45, 2.75) is 44.4 Å². The van der Waals surface area contributed by atoms with Crippen LogP contribution in [0, 0.1) is 31.0 Å². The van der Waals surface area contributed by atoms with Gasteiger partial charge in [0.25, 0.3) is 0 Å². The third-order valence-electron chi connectivity index (χ3n) is 3.89. The summed E-state index contributed by atoms with van der Waals surface area (Å²) in [5.41, 5.74) is 3.94. The van der Waals surface area contributed by atoms with Crippen molar-refractivity contribution in [1.29, 1.82) is 5.26 Å². The maximum Gasteiger partial charge on any atom is 0.349 e. The first kappa shape index (κ1) is 20.7. The fraction of sp³-hybridized carbons (Fsp3) is 0.273. The number of halogens is 1. The number of carbonyl (C=O) groups excluding carboxylic acids is 1. The van der Waals surface area contributed by atoms with Crippen molar-refractivity contribution in [3.63, 3.8) is 0 Å². The molecule has 0 spiro atoms. The molecule has 3 nitrogen and oxygen atoms in total. The first-order valence-electron chi connectivity index (χ1n) is 8.61. The lowest BCUT2D eigenvalue weighted by molar-refractivity contribution is -0.142. The number of hydrogen-bond acceptors (Lipinski definition) is 4. The molecule has 0 bridgehead atoms. The molecule has 2 aromatic rings. The summed E-state index contributed by atoms with van der Waals surface area (Å²) in [5, 5.41) is 9.32. The van der Waals surface area contributed by atoms with Gasteiger partial charge in [0.15, 0.2) is 0 Å². The topological polar surface area (TPSA) is 50.1 Å². The highest BCUT2D eigenvalue weighted by Gasteiger charge is 2.14. The number of esters is 1. The number of rotatable bonds is 6. The molecule has 0 saturated carbocycles. The van der Waals surface area contributed by atoms with E-state index in [0.717, 1.165) is 27.1 Å². The number of nitriles is 1. The molecular formula is C22H22FNO2S. The minimum Gasteiger partial charge on any atom is -0.459 e. The lowest BCUT2D eigenvalue weighted by atomic mass is 9.98. The molecule has 5 heteroatoms. The van der Waals surface area contributed by atoms with Gasteiger partial charge in [-0.2, -0.15) is 5.26 Å². The molecule has 0 N–H and O–H groups in total. The second-order valence-electron chi connectivity index (χ2n) is 6.50. The SMILES string of the molecule is Cc1cc(C=C(C#N)C(=O)OC(C)C)c(C)c(CSc2ccc(F)cc2)c1. The van der Waals surface area contributed by atoms with Crippen LogP contribution in [0.2, 0.25) is 0 Å². The van der Waals surface area contributed by atoms with E-state index in [9.17, 15) is 14.4 Å². The van der Waals surface area contributed by atoms with E-state index in [-0.39, 0.29) is 17.5 Å². The minimum absolute atomic E-state index is 0.0189. The monoisotopic (exact) mass is 383 g/mol. The Kier molecular flexibility index (Phi) is 7.20. The summed E-state index contributed by atoms with van der Waals surface area (Å²) in [5.74, 6) is -0.162. The van der Waals surface area contributed by atoms with Crippen LogP contribution >= 0.6 is 11.8 Å². The molecule has 0 saturated heterocycles. The summed E-state index contributed by atoms with van der Waals surface area (Å²) in [6.45, 7) is 7.43. The number of benzene rings is 2. The molecular weight excluding hydrogens is 361 g/mol. The number of thioether (sulfide) groups is 1. The van der Waals surface area contributed by atoms with Gasteiger partial charge < -0.3 is 4.74 Å². The Morgan fingerprint density at radius 1 is 1.26 bits per heavy atom. The van der Waals surface area contributed by atoms with E-state index < -0.39 is 5.97 Å². The third kappa shape index (κ3) is 5.97. The smallest absolute Gasteiger partial charge is 0.349 e. The van der Waals surface area contributed by atoms with Crippen LogP contribution in [0.1, 0.15) is 36.1 Å². The second-order valence-corrected chi connectivity index (χ2v) is 7.55. The predicted molar refractivity (Wildman–Crippen MR) is 107 cm³/mol. The van der Waals surface area contributed by atoms with Gasteiger partial charge in [-0.05, 0) is 74.7 Å². The quantitative estimate of drug-likeness (QED) is 0.282. The van der Waals surface area contributed by atoms with Crippen molar-refractivity contribution < 1.29 is 13.9 Å². The molecule has 2 aromatic carbocycles. The number of carbonyl (C=O) groups is 1. The van der Waals surface area contributed by atoms with Crippen molar-refractivity contribution in [2.24, 2.45) is 0 Å². The molecule has 0 aliphatic heterocycles. The first-order chi connectivity index (χ1) is 12.8. The second kappa shape index (κ2) is 9.38. The average molecular weight is 383 g/mol. The zero-order valence-corrected chi connectivity index (χ0v) is 16.7. The van der Waals surface area contributed by atoms with E-state index in [1.807, 2.05) is 26.0 Å². The Morgan fingerprint density at radius 3 is 2.52 bits per heavy atom. The van der Waals surface area contributed by atoms with Gasteiger partial charge >= 0.3 is 5.97 Å². The van der Waals surface area contributed by atoms with Gasteiger partial charge in [-0.3, -0.25) is 0 Å². The van der Waals surface area contributed by atoms with Crippen LogP contribution < -0.4 is 0 Å². The molecule has 2 rings (SSSR count). The van der Waals surface area contributed by atoms with E-state index in [4.69, 9.17) is 4.74 Å². The normalized spacial score (nSPS) is 11.4. The van der Waals surface area contributed by atoms with Gasteiger partial charge in [0, 0.05) is 10.6 Å². The van der Waals surface area contributed by atoms with Crippen molar-refractivity contribution in [1.82, 2.24) is 0 Å². The Bertz CT molecular complexity index is 896. The summed E-state index contributed by atoms with van der Waals surface area (Å²) >= 11 is 1.61. The number of aryl methyl sites for hydroxylation is 1. The number of hydrogen-bond donors (Lipinski definition) is 0. The maximum absolute atomic E-state index is 13.0. The zero-order valence-electron chi connectivity index (χ0n) is 15.9. The van der Waals surface area contributed by atoms with E-state index in [0.29, 0.717) is 5.75 Å². The number of nitrogens with zero attached hydrogens (tertiary/aromatic N) is 1. The Balaban J connectivity index is 2.28. The lowest BCUT2D eigenvalue weighted by Gasteiger charge is -2.12. The maximum atomic E-state index is 13.0. The summed E-state index contributed by atoms with van der Waals surface area (Å²) in [7, 11) is 0. The van der Waals surface area contributed by atoms with E-state index >= 15 is 0 Å². The van der Waals surface area contributed by atoms with Crippen molar-refractivity contribution >= 4 is 23.8 Å². The predicted octanol–water partition coefficient (Wildman–Crippen LogP) is 5.59. The molecule has 0 unspecified atom stereocenters.